The Labute approximate surface area is 114 Å². The molecule has 1 aliphatic carbocycles. The van der Waals surface area contributed by atoms with Crippen molar-refractivity contribution in [2.24, 2.45) is 0 Å². The highest BCUT2D eigenvalue weighted by atomic mass is 16.5. The first-order valence-electron chi connectivity index (χ1n) is 6.25. The van der Waals surface area contributed by atoms with E-state index in [1.165, 1.54) is 26.1 Å². The number of aromatic nitrogens is 4. The maximum Gasteiger partial charge on any atom is 0.326 e. The molecule has 8 heteroatoms. The van der Waals surface area contributed by atoms with Crippen LogP contribution in [0.4, 0.5) is 16.4 Å². The van der Waals surface area contributed by atoms with Crippen LogP contribution in [0.15, 0.2) is 18.3 Å². The fourth-order valence-electron chi connectivity index (χ4n) is 1.79. The molecule has 104 valence electrons. The van der Waals surface area contributed by atoms with Gasteiger partial charge in [-0.3, -0.25) is 15.7 Å². The number of anilines is 2. The molecule has 2 aromatic rings. The maximum absolute atomic E-state index is 11.8. The number of hydrogen-bond acceptors (Lipinski definition) is 5. The third-order valence-corrected chi connectivity index (χ3v) is 2.99. The molecule has 0 atom stereocenters. The first-order chi connectivity index (χ1) is 9.76. The molecule has 0 unspecified atom stereocenters. The van der Waals surface area contributed by atoms with Gasteiger partial charge in [-0.2, -0.15) is 10.2 Å². The van der Waals surface area contributed by atoms with E-state index >= 15 is 0 Å². The van der Waals surface area contributed by atoms with Crippen molar-refractivity contribution in [3.05, 3.63) is 24.0 Å². The second-order valence-corrected chi connectivity index (χ2v) is 4.51. The van der Waals surface area contributed by atoms with E-state index in [-0.39, 0.29) is 0 Å². The number of rotatable bonds is 4. The highest BCUT2D eigenvalue weighted by Crippen LogP contribution is 2.38. The molecule has 3 rings (SSSR count). The summed E-state index contributed by atoms with van der Waals surface area (Å²) in [7, 11) is 1.50. The molecule has 0 saturated heterocycles. The van der Waals surface area contributed by atoms with Crippen LogP contribution in [-0.4, -0.2) is 33.5 Å². The van der Waals surface area contributed by atoms with E-state index in [9.17, 15) is 4.79 Å². The van der Waals surface area contributed by atoms with Crippen molar-refractivity contribution in [2.45, 2.75) is 18.8 Å². The molecule has 1 saturated carbocycles. The molecular formula is C12H14N6O2. The van der Waals surface area contributed by atoms with Gasteiger partial charge in [0.05, 0.1) is 19.0 Å². The predicted molar refractivity (Wildman–Crippen MR) is 71.8 cm³/mol. The van der Waals surface area contributed by atoms with Crippen LogP contribution in [0.5, 0.6) is 5.75 Å². The molecule has 0 spiro atoms. The summed E-state index contributed by atoms with van der Waals surface area (Å²) < 4.78 is 5.02. The molecule has 1 aliphatic rings. The Morgan fingerprint density at radius 3 is 2.85 bits per heavy atom. The van der Waals surface area contributed by atoms with Crippen molar-refractivity contribution in [1.29, 1.82) is 0 Å². The summed E-state index contributed by atoms with van der Waals surface area (Å²) in [6.07, 6.45) is 3.81. The van der Waals surface area contributed by atoms with Gasteiger partial charge in [-0.05, 0) is 25.0 Å². The molecule has 0 radical (unpaired) electrons. The minimum absolute atomic E-state index is 0.382. The number of ether oxygens (including phenoxy) is 1. The van der Waals surface area contributed by atoms with Crippen molar-refractivity contribution in [3.8, 4) is 5.75 Å². The molecule has 3 N–H and O–H groups in total. The van der Waals surface area contributed by atoms with E-state index in [0.717, 1.165) is 5.69 Å². The third kappa shape index (κ3) is 2.68. The number of nitrogens with zero attached hydrogens (tertiary/aromatic N) is 3. The van der Waals surface area contributed by atoms with Gasteiger partial charge in [-0.15, -0.1) is 5.10 Å². The fourth-order valence-corrected chi connectivity index (χ4v) is 1.79. The van der Waals surface area contributed by atoms with Gasteiger partial charge in [0.25, 0.3) is 0 Å². The Kier molecular flexibility index (Phi) is 3.20. The number of H-pyrrole nitrogens is 1. The van der Waals surface area contributed by atoms with Crippen LogP contribution in [0.2, 0.25) is 0 Å². The first kappa shape index (κ1) is 12.4. The Morgan fingerprint density at radius 1 is 1.35 bits per heavy atom. The van der Waals surface area contributed by atoms with Crippen LogP contribution in [0.3, 0.4) is 0 Å². The summed E-state index contributed by atoms with van der Waals surface area (Å²) in [5.74, 6) is 1.77. The van der Waals surface area contributed by atoms with E-state index in [4.69, 9.17) is 4.74 Å². The van der Waals surface area contributed by atoms with Gasteiger partial charge in [-0.25, -0.2) is 4.79 Å². The lowest BCUT2D eigenvalue weighted by molar-refractivity contribution is 0.262. The fraction of sp³-hybridized carbons (Fsp3) is 0.333. The number of carbonyl (C=O) groups excluding carboxylic acids is 1. The number of aromatic amines is 1. The predicted octanol–water partition coefficient (Wildman–Crippen LogP) is 1.73. The van der Waals surface area contributed by atoms with Gasteiger partial charge in [0.15, 0.2) is 17.4 Å². The van der Waals surface area contributed by atoms with Crippen molar-refractivity contribution >= 4 is 17.7 Å². The molecule has 2 aromatic heterocycles. The smallest absolute Gasteiger partial charge is 0.326 e. The van der Waals surface area contributed by atoms with Crippen molar-refractivity contribution in [1.82, 2.24) is 20.4 Å². The average molecular weight is 274 g/mol. The molecule has 0 bridgehead atoms. The molecule has 0 aliphatic heterocycles. The average Bonchev–Trinajstić information content (AvgIpc) is 3.20. The van der Waals surface area contributed by atoms with E-state index in [1.807, 2.05) is 6.07 Å². The standard InChI is InChI=1S/C12H14N6O2/c1-20-9-6-13-18-11(9)15-12(19)14-10-5-4-8(16-17-10)7-2-3-7/h4-7H,2-3H2,1H3,(H3,13,14,15,17,18,19). The summed E-state index contributed by atoms with van der Waals surface area (Å²) >= 11 is 0. The van der Waals surface area contributed by atoms with Gasteiger partial charge < -0.3 is 4.74 Å². The highest BCUT2D eigenvalue weighted by Gasteiger charge is 2.25. The second kappa shape index (κ2) is 5.16. The molecule has 8 nitrogen and oxygen atoms in total. The summed E-state index contributed by atoms with van der Waals surface area (Å²) in [5.41, 5.74) is 0.978. The molecule has 2 heterocycles. The zero-order valence-corrected chi connectivity index (χ0v) is 10.9. The largest absolute Gasteiger partial charge is 0.491 e. The lowest BCUT2D eigenvalue weighted by atomic mass is 10.3. The number of urea groups is 1. The zero-order valence-electron chi connectivity index (χ0n) is 10.9. The molecule has 0 aromatic carbocycles. The second-order valence-electron chi connectivity index (χ2n) is 4.51. The van der Waals surface area contributed by atoms with E-state index in [2.05, 4.69) is 31.0 Å². The maximum atomic E-state index is 11.8. The summed E-state index contributed by atoms with van der Waals surface area (Å²) in [5, 5.41) is 19.6. The lowest BCUT2D eigenvalue weighted by Crippen LogP contribution is -2.21. The third-order valence-electron chi connectivity index (χ3n) is 2.99. The summed E-state index contributed by atoms with van der Waals surface area (Å²) in [6.45, 7) is 0. The van der Waals surface area contributed by atoms with E-state index < -0.39 is 6.03 Å². The van der Waals surface area contributed by atoms with Crippen LogP contribution >= 0.6 is 0 Å². The Balaban J connectivity index is 1.60. The van der Waals surface area contributed by atoms with Crippen molar-refractivity contribution in [3.63, 3.8) is 0 Å². The van der Waals surface area contributed by atoms with Crippen molar-refractivity contribution in [2.75, 3.05) is 17.7 Å². The Hall–Kier alpha value is -2.64. The Bertz CT molecular complexity index is 605. The van der Waals surface area contributed by atoms with Crippen LogP contribution in [0.1, 0.15) is 24.5 Å². The van der Waals surface area contributed by atoms with E-state index in [1.54, 1.807) is 6.07 Å². The van der Waals surface area contributed by atoms with Crippen LogP contribution in [0.25, 0.3) is 0 Å². The normalized spacial score (nSPS) is 13.8. The summed E-state index contributed by atoms with van der Waals surface area (Å²) in [6, 6.07) is 3.18. The van der Waals surface area contributed by atoms with Gasteiger partial charge in [0.2, 0.25) is 0 Å². The lowest BCUT2D eigenvalue weighted by Gasteiger charge is -2.06. The number of nitrogens with one attached hydrogen (secondary N) is 3. The summed E-state index contributed by atoms with van der Waals surface area (Å²) in [4.78, 5) is 11.8. The first-order valence-corrected chi connectivity index (χ1v) is 6.25. The van der Waals surface area contributed by atoms with Crippen LogP contribution in [-0.2, 0) is 0 Å². The van der Waals surface area contributed by atoms with Gasteiger partial charge in [0, 0.05) is 5.92 Å². The molecular weight excluding hydrogens is 260 g/mol. The van der Waals surface area contributed by atoms with E-state index in [0.29, 0.717) is 23.3 Å². The molecule has 1 fully saturated rings. The SMILES string of the molecule is COc1cn[nH]c1NC(=O)Nc1ccc(C2CC2)nn1. The number of carbonyl (C=O) groups is 1. The molecule has 2 amide bonds. The zero-order chi connectivity index (χ0) is 13.9. The minimum atomic E-state index is -0.443. The number of amides is 2. The van der Waals surface area contributed by atoms with Crippen LogP contribution < -0.4 is 15.4 Å². The van der Waals surface area contributed by atoms with Gasteiger partial charge >= 0.3 is 6.03 Å². The monoisotopic (exact) mass is 274 g/mol. The van der Waals surface area contributed by atoms with Gasteiger partial charge in [0.1, 0.15) is 0 Å². The number of hydrogen-bond donors (Lipinski definition) is 3. The minimum Gasteiger partial charge on any atom is -0.491 e. The van der Waals surface area contributed by atoms with Crippen molar-refractivity contribution < 1.29 is 9.53 Å². The number of methoxy groups -OCH3 is 1. The molecule has 20 heavy (non-hydrogen) atoms. The van der Waals surface area contributed by atoms with Crippen LogP contribution in [0, 0.1) is 0 Å². The quantitative estimate of drug-likeness (QED) is 0.787. The highest BCUT2D eigenvalue weighted by molar-refractivity contribution is 5.99. The van der Waals surface area contributed by atoms with Gasteiger partial charge in [-0.1, -0.05) is 0 Å². The Morgan fingerprint density at radius 2 is 2.20 bits per heavy atom. The topological polar surface area (TPSA) is 105 Å².